The van der Waals surface area contributed by atoms with Crippen LogP contribution in [0.15, 0.2) is 51.6 Å². The first kappa shape index (κ1) is 15.6. The minimum Gasteiger partial charge on any atom is -0.478 e. The van der Waals surface area contributed by atoms with Crippen LogP contribution >= 0.6 is 0 Å². The maximum Gasteiger partial charge on any atom is 0.335 e. The van der Waals surface area contributed by atoms with Crippen LogP contribution in [0.25, 0.3) is 11.6 Å². The van der Waals surface area contributed by atoms with Gasteiger partial charge >= 0.3 is 5.97 Å². The highest BCUT2D eigenvalue weighted by molar-refractivity contribution is 5.89. The summed E-state index contributed by atoms with van der Waals surface area (Å²) in [6.07, 6.45) is 2.47. The lowest BCUT2D eigenvalue weighted by Crippen LogP contribution is -2.20. The van der Waals surface area contributed by atoms with E-state index < -0.39 is 5.97 Å². The van der Waals surface area contributed by atoms with E-state index in [1.165, 1.54) is 0 Å². The SMILES string of the molecule is O=C(O)c1ccccc1[C@@H]1CCN(Cc2nc(-c3ccco3)no2)C1. The zero-order valence-corrected chi connectivity index (χ0v) is 13.5. The van der Waals surface area contributed by atoms with Crippen molar-refractivity contribution in [2.45, 2.75) is 18.9 Å². The molecule has 1 aliphatic heterocycles. The summed E-state index contributed by atoms with van der Waals surface area (Å²) < 4.78 is 10.6. The van der Waals surface area contributed by atoms with Gasteiger partial charge in [-0.2, -0.15) is 4.98 Å². The largest absolute Gasteiger partial charge is 0.478 e. The number of hydrogen-bond acceptors (Lipinski definition) is 6. The minimum atomic E-state index is -0.881. The third kappa shape index (κ3) is 3.18. The van der Waals surface area contributed by atoms with Crippen molar-refractivity contribution in [3.8, 4) is 11.6 Å². The lowest BCUT2D eigenvalue weighted by atomic mass is 9.93. The highest BCUT2D eigenvalue weighted by Crippen LogP contribution is 2.30. The Morgan fingerprint density at radius 1 is 1.28 bits per heavy atom. The molecule has 0 unspecified atom stereocenters. The summed E-state index contributed by atoms with van der Waals surface area (Å²) in [5.41, 5.74) is 1.27. The molecule has 4 rings (SSSR count). The minimum absolute atomic E-state index is 0.194. The van der Waals surface area contributed by atoms with Crippen LogP contribution < -0.4 is 0 Å². The molecule has 7 nitrogen and oxygen atoms in total. The van der Waals surface area contributed by atoms with Crippen molar-refractivity contribution in [1.29, 1.82) is 0 Å². The molecule has 1 aromatic carbocycles. The third-order valence-corrected chi connectivity index (χ3v) is 4.47. The van der Waals surface area contributed by atoms with Gasteiger partial charge in [0.25, 0.3) is 0 Å². The standard InChI is InChI=1S/C18H17N3O4/c22-18(23)14-5-2-1-4-13(14)12-7-8-21(10-12)11-16-19-17(20-25-16)15-6-3-9-24-15/h1-6,9,12H,7-8,10-11H2,(H,22,23)/t12-/m1/s1. The first-order valence-corrected chi connectivity index (χ1v) is 8.12. The molecule has 1 aliphatic rings. The second-order valence-corrected chi connectivity index (χ2v) is 6.10. The summed E-state index contributed by atoms with van der Waals surface area (Å²) in [7, 11) is 0. The molecule has 0 spiro atoms. The molecular formula is C18H17N3O4. The summed E-state index contributed by atoms with van der Waals surface area (Å²) in [5, 5.41) is 13.3. The first-order valence-electron chi connectivity index (χ1n) is 8.12. The number of aromatic nitrogens is 2. The lowest BCUT2D eigenvalue weighted by Gasteiger charge is -2.15. The van der Waals surface area contributed by atoms with Gasteiger partial charge in [0.2, 0.25) is 11.7 Å². The Bertz CT molecular complexity index is 872. The maximum absolute atomic E-state index is 11.4. The van der Waals surface area contributed by atoms with Crippen molar-refractivity contribution >= 4 is 5.97 Å². The topological polar surface area (TPSA) is 92.6 Å². The molecule has 3 heterocycles. The number of nitrogens with zero attached hydrogens (tertiary/aromatic N) is 3. The molecule has 0 aliphatic carbocycles. The van der Waals surface area contributed by atoms with E-state index in [0.717, 1.165) is 25.1 Å². The summed E-state index contributed by atoms with van der Waals surface area (Å²) >= 11 is 0. The number of furan rings is 1. The molecule has 1 N–H and O–H groups in total. The van der Waals surface area contributed by atoms with Crippen molar-refractivity contribution < 1.29 is 18.8 Å². The average Bonchev–Trinajstić information content (AvgIpc) is 3.36. The molecule has 0 saturated carbocycles. The Hall–Kier alpha value is -2.93. The number of carboxylic acid groups (broad SMARTS) is 1. The summed E-state index contributed by atoms with van der Waals surface area (Å²) in [6, 6.07) is 10.8. The number of hydrogen-bond donors (Lipinski definition) is 1. The smallest absolute Gasteiger partial charge is 0.335 e. The fourth-order valence-electron chi connectivity index (χ4n) is 3.29. The van der Waals surface area contributed by atoms with Crippen LogP contribution in [0.5, 0.6) is 0 Å². The van der Waals surface area contributed by atoms with Crippen molar-refractivity contribution in [1.82, 2.24) is 15.0 Å². The molecule has 7 heteroatoms. The van der Waals surface area contributed by atoms with Crippen LogP contribution in [0.2, 0.25) is 0 Å². The van der Waals surface area contributed by atoms with E-state index in [1.54, 1.807) is 30.5 Å². The Kier molecular flexibility index (Phi) is 4.07. The number of carboxylic acids is 1. The molecule has 25 heavy (non-hydrogen) atoms. The van der Waals surface area contributed by atoms with E-state index in [9.17, 15) is 9.90 Å². The molecule has 1 saturated heterocycles. The molecule has 128 valence electrons. The quantitative estimate of drug-likeness (QED) is 0.763. The van der Waals surface area contributed by atoms with Gasteiger partial charge in [-0.05, 0) is 42.6 Å². The van der Waals surface area contributed by atoms with E-state index in [0.29, 0.717) is 29.6 Å². The van der Waals surface area contributed by atoms with E-state index in [2.05, 4.69) is 15.0 Å². The molecule has 2 aromatic heterocycles. The fourth-order valence-corrected chi connectivity index (χ4v) is 3.29. The van der Waals surface area contributed by atoms with Gasteiger partial charge in [-0.25, -0.2) is 4.79 Å². The van der Waals surface area contributed by atoms with Crippen LogP contribution in [0.4, 0.5) is 0 Å². The predicted molar refractivity (Wildman–Crippen MR) is 88.0 cm³/mol. The third-order valence-electron chi connectivity index (χ3n) is 4.47. The summed E-state index contributed by atoms with van der Waals surface area (Å²) in [6.45, 7) is 2.17. The normalized spacial score (nSPS) is 17.8. The zero-order chi connectivity index (χ0) is 17.2. The number of likely N-dealkylation sites (tertiary alicyclic amines) is 1. The van der Waals surface area contributed by atoms with Gasteiger partial charge in [-0.1, -0.05) is 23.4 Å². The monoisotopic (exact) mass is 339 g/mol. The van der Waals surface area contributed by atoms with Crippen molar-refractivity contribution in [2.75, 3.05) is 13.1 Å². The molecule has 1 atom stereocenters. The van der Waals surface area contributed by atoms with Gasteiger partial charge in [0.15, 0.2) is 5.76 Å². The molecule has 0 amide bonds. The van der Waals surface area contributed by atoms with Gasteiger partial charge in [0.05, 0.1) is 18.4 Å². The Morgan fingerprint density at radius 3 is 2.96 bits per heavy atom. The first-order chi connectivity index (χ1) is 12.2. The van der Waals surface area contributed by atoms with Crippen LogP contribution in [0, 0.1) is 0 Å². The zero-order valence-electron chi connectivity index (χ0n) is 13.5. The van der Waals surface area contributed by atoms with Crippen LogP contribution in [0.1, 0.15) is 34.2 Å². The maximum atomic E-state index is 11.4. The Labute approximate surface area is 143 Å². The van der Waals surface area contributed by atoms with Crippen molar-refractivity contribution in [3.63, 3.8) is 0 Å². The lowest BCUT2D eigenvalue weighted by molar-refractivity contribution is 0.0695. The number of carbonyl (C=O) groups is 1. The number of rotatable bonds is 5. The van der Waals surface area contributed by atoms with E-state index in [4.69, 9.17) is 8.94 Å². The van der Waals surface area contributed by atoms with Gasteiger partial charge in [0.1, 0.15) is 0 Å². The Morgan fingerprint density at radius 2 is 2.16 bits per heavy atom. The average molecular weight is 339 g/mol. The van der Waals surface area contributed by atoms with Crippen molar-refractivity contribution in [3.05, 3.63) is 59.7 Å². The van der Waals surface area contributed by atoms with E-state index >= 15 is 0 Å². The highest BCUT2D eigenvalue weighted by Gasteiger charge is 2.28. The van der Waals surface area contributed by atoms with Crippen LogP contribution in [0.3, 0.4) is 0 Å². The Balaban J connectivity index is 1.44. The molecule has 0 radical (unpaired) electrons. The van der Waals surface area contributed by atoms with Crippen LogP contribution in [-0.4, -0.2) is 39.2 Å². The summed E-state index contributed by atoms with van der Waals surface area (Å²) in [5.74, 6) is 0.851. The fraction of sp³-hybridized carbons (Fsp3) is 0.278. The van der Waals surface area contributed by atoms with Crippen LogP contribution in [-0.2, 0) is 6.54 Å². The number of aromatic carboxylic acids is 1. The highest BCUT2D eigenvalue weighted by atomic mass is 16.5. The predicted octanol–water partition coefficient (Wildman–Crippen LogP) is 3.02. The summed E-state index contributed by atoms with van der Waals surface area (Å²) in [4.78, 5) is 18.0. The molecule has 0 bridgehead atoms. The van der Waals surface area contributed by atoms with Crippen molar-refractivity contribution in [2.24, 2.45) is 0 Å². The molecular weight excluding hydrogens is 322 g/mol. The van der Waals surface area contributed by atoms with Gasteiger partial charge in [-0.15, -0.1) is 0 Å². The van der Waals surface area contributed by atoms with Gasteiger partial charge < -0.3 is 14.0 Å². The van der Waals surface area contributed by atoms with E-state index in [-0.39, 0.29) is 5.92 Å². The second kappa shape index (κ2) is 6.52. The second-order valence-electron chi connectivity index (χ2n) is 6.10. The van der Waals surface area contributed by atoms with Gasteiger partial charge in [0, 0.05) is 6.54 Å². The number of benzene rings is 1. The molecule has 3 aromatic rings. The van der Waals surface area contributed by atoms with E-state index in [1.807, 2.05) is 12.1 Å². The molecule has 1 fully saturated rings. The van der Waals surface area contributed by atoms with Gasteiger partial charge in [-0.3, -0.25) is 4.90 Å².